The molecule has 35 heavy (non-hydrogen) atoms. The SMILES string of the molecule is C=CCC(NC(=O)C1(NC(=O)OCC2c3ccccc3-c3ccccc32)CC2(CCC2)C1)C(=O)O. The number of ether oxygens (including phenoxy) is 1. The molecule has 3 N–H and O–H groups in total. The minimum Gasteiger partial charge on any atom is -0.480 e. The van der Waals surface area contributed by atoms with Gasteiger partial charge in [-0.05, 0) is 59.8 Å². The summed E-state index contributed by atoms with van der Waals surface area (Å²) in [6, 6.07) is 15.1. The summed E-state index contributed by atoms with van der Waals surface area (Å²) in [5.74, 6) is -1.69. The van der Waals surface area contributed by atoms with E-state index in [1.165, 1.54) is 6.08 Å². The van der Waals surface area contributed by atoms with Gasteiger partial charge in [-0.3, -0.25) is 4.79 Å². The Morgan fingerprint density at radius 1 is 1.06 bits per heavy atom. The number of hydrogen-bond acceptors (Lipinski definition) is 4. The Morgan fingerprint density at radius 3 is 2.17 bits per heavy atom. The number of benzene rings is 2. The fraction of sp³-hybridized carbons (Fsp3) is 0.393. The van der Waals surface area contributed by atoms with Crippen LogP contribution < -0.4 is 10.6 Å². The van der Waals surface area contributed by atoms with E-state index in [0.29, 0.717) is 12.8 Å². The van der Waals surface area contributed by atoms with Crippen molar-refractivity contribution in [2.75, 3.05) is 6.61 Å². The Balaban J connectivity index is 1.28. The first-order valence-corrected chi connectivity index (χ1v) is 12.1. The van der Waals surface area contributed by atoms with Crippen molar-refractivity contribution >= 4 is 18.0 Å². The van der Waals surface area contributed by atoms with Crippen LogP contribution in [-0.2, 0) is 14.3 Å². The molecule has 2 aromatic carbocycles. The molecule has 182 valence electrons. The zero-order valence-electron chi connectivity index (χ0n) is 19.6. The zero-order valence-corrected chi connectivity index (χ0v) is 19.6. The highest BCUT2D eigenvalue weighted by molar-refractivity contribution is 5.94. The average Bonchev–Trinajstić information content (AvgIpc) is 3.12. The van der Waals surface area contributed by atoms with Crippen molar-refractivity contribution in [3.63, 3.8) is 0 Å². The maximum atomic E-state index is 13.2. The van der Waals surface area contributed by atoms with Gasteiger partial charge in [0.1, 0.15) is 18.2 Å². The molecular weight excluding hydrogens is 444 g/mol. The molecule has 0 heterocycles. The normalized spacial score (nSPS) is 19.3. The van der Waals surface area contributed by atoms with Crippen molar-refractivity contribution in [2.24, 2.45) is 5.41 Å². The van der Waals surface area contributed by atoms with Crippen LogP contribution in [0, 0.1) is 5.41 Å². The molecule has 5 rings (SSSR count). The predicted octanol–water partition coefficient (Wildman–Crippen LogP) is 4.37. The van der Waals surface area contributed by atoms with Gasteiger partial charge >= 0.3 is 12.1 Å². The van der Waals surface area contributed by atoms with E-state index in [-0.39, 0.29) is 24.4 Å². The second-order valence-corrected chi connectivity index (χ2v) is 10.1. The highest BCUT2D eigenvalue weighted by Gasteiger charge is 2.62. The van der Waals surface area contributed by atoms with Crippen LogP contribution in [0.3, 0.4) is 0 Å². The molecule has 1 unspecified atom stereocenters. The van der Waals surface area contributed by atoms with Crippen molar-refractivity contribution in [3.05, 3.63) is 72.3 Å². The highest BCUT2D eigenvalue weighted by Crippen LogP contribution is 2.60. The molecule has 3 aliphatic carbocycles. The molecule has 3 aliphatic rings. The van der Waals surface area contributed by atoms with Crippen molar-refractivity contribution < 1.29 is 24.2 Å². The predicted molar refractivity (Wildman–Crippen MR) is 131 cm³/mol. The number of nitrogens with one attached hydrogen (secondary N) is 2. The Bertz CT molecular complexity index is 1130. The molecule has 7 nitrogen and oxygen atoms in total. The first kappa shape index (κ1) is 23.1. The van der Waals surface area contributed by atoms with Crippen molar-refractivity contribution in [1.82, 2.24) is 10.6 Å². The standard InChI is InChI=1S/C28H30N2O5/c1-2-8-23(24(31)32)29-25(33)28(16-27(17-28)13-7-14-27)30-26(34)35-15-22-20-11-5-3-9-18(20)19-10-4-6-12-21(19)22/h2-6,9-12,22-23H,1,7-8,13-17H2,(H,29,33)(H,30,34)(H,31,32). The molecule has 1 atom stereocenters. The quantitative estimate of drug-likeness (QED) is 0.493. The van der Waals surface area contributed by atoms with Crippen LogP contribution in [0.25, 0.3) is 11.1 Å². The summed E-state index contributed by atoms with van der Waals surface area (Å²) in [6.07, 6.45) is 5.04. The van der Waals surface area contributed by atoms with Gasteiger partial charge in [-0.2, -0.15) is 0 Å². The van der Waals surface area contributed by atoms with E-state index in [9.17, 15) is 19.5 Å². The maximum absolute atomic E-state index is 13.2. The summed E-state index contributed by atoms with van der Waals surface area (Å²) in [6.45, 7) is 3.72. The van der Waals surface area contributed by atoms with Crippen LogP contribution in [-0.4, -0.2) is 41.3 Å². The Labute approximate surface area is 204 Å². The number of carbonyl (C=O) groups excluding carboxylic acids is 2. The molecule has 0 saturated heterocycles. The van der Waals surface area contributed by atoms with Gasteiger partial charge in [0.05, 0.1) is 0 Å². The highest BCUT2D eigenvalue weighted by atomic mass is 16.5. The Kier molecular flexibility index (Phi) is 5.87. The summed E-state index contributed by atoms with van der Waals surface area (Å²) in [5.41, 5.74) is 3.41. The Morgan fingerprint density at radius 2 is 1.66 bits per heavy atom. The molecule has 0 aromatic heterocycles. The number of hydrogen-bond donors (Lipinski definition) is 3. The number of carbonyl (C=O) groups is 3. The summed E-state index contributed by atoms with van der Waals surface area (Å²) >= 11 is 0. The molecule has 0 aliphatic heterocycles. The average molecular weight is 475 g/mol. The van der Waals surface area contributed by atoms with Crippen LogP contribution in [0.5, 0.6) is 0 Å². The molecule has 1 spiro atoms. The lowest BCUT2D eigenvalue weighted by Crippen LogP contribution is -2.71. The summed E-state index contributed by atoms with van der Waals surface area (Å²) in [4.78, 5) is 37.7. The van der Waals surface area contributed by atoms with Gasteiger partial charge in [0.25, 0.3) is 0 Å². The number of aliphatic carboxylic acids is 1. The van der Waals surface area contributed by atoms with Crippen LogP contribution in [0.1, 0.15) is 55.6 Å². The summed E-state index contributed by atoms with van der Waals surface area (Å²) in [5, 5.41) is 14.9. The van der Waals surface area contributed by atoms with E-state index >= 15 is 0 Å². The lowest BCUT2D eigenvalue weighted by atomic mass is 9.48. The molecular formula is C28H30N2O5. The van der Waals surface area contributed by atoms with Gasteiger partial charge in [-0.25, -0.2) is 9.59 Å². The van der Waals surface area contributed by atoms with E-state index in [4.69, 9.17) is 4.74 Å². The first-order chi connectivity index (χ1) is 16.9. The molecule has 7 heteroatoms. The number of alkyl carbamates (subject to hydrolysis) is 1. The van der Waals surface area contributed by atoms with Crippen LogP contribution in [0.2, 0.25) is 0 Å². The number of carboxylic acid groups (broad SMARTS) is 1. The Hall–Kier alpha value is -3.61. The summed E-state index contributed by atoms with van der Waals surface area (Å²) in [7, 11) is 0. The third-order valence-corrected chi connectivity index (χ3v) is 7.89. The second kappa shape index (κ2) is 8.87. The smallest absolute Gasteiger partial charge is 0.408 e. The fourth-order valence-electron chi connectivity index (χ4n) is 6.08. The molecule has 0 radical (unpaired) electrons. The van der Waals surface area contributed by atoms with E-state index in [2.05, 4.69) is 29.3 Å². The van der Waals surface area contributed by atoms with E-state index in [1.807, 2.05) is 36.4 Å². The van der Waals surface area contributed by atoms with Gasteiger partial charge in [-0.15, -0.1) is 6.58 Å². The van der Waals surface area contributed by atoms with Crippen molar-refractivity contribution in [1.29, 1.82) is 0 Å². The van der Waals surface area contributed by atoms with E-state index in [0.717, 1.165) is 41.5 Å². The third kappa shape index (κ3) is 4.09. The minimum absolute atomic E-state index is 0.0606. The fourth-order valence-corrected chi connectivity index (χ4v) is 6.08. The third-order valence-electron chi connectivity index (χ3n) is 7.89. The molecule has 2 saturated carbocycles. The zero-order chi connectivity index (χ0) is 24.6. The molecule has 2 amide bonds. The van der Waals surface area contributed by atoms with E-state index < -0.39 is 29.6 Å². The number of amides is 2. The summed E-state index contributed by atoms with van der Waals surface area (Å²) < 4.78 is 5.68. The van der Waals surface area contributed by atoms with Gasteiger partial charge in [-0.1, -0.05) is 61.0 Å². The van der Waals surface area contributed by atoms with Crippen LogP contribution >= 0.6 is 0 Å². The monoisotopic (exact) mass is 474 g/mol. The van der Waals surface area contributed by atoms with Crippen LogP contribution in [0.15, 0.2) is 61.2 Å². The van der Waals surface area contributed by atoms with E-state index in [1.54, 1.807) is 0 Å². The largest absolute Gasteiger partial charge is 0.480 e. The minimum atomic E-state index is -1.15. The molecule has 2 aromatic rings. The van der Waals surface area contributed by atoms with Gasteiger partial charge in [0.2, 0.25) is 5.91 Å². The van der Waals surface area contributed by atoms with Gasteiger partial charge in [0.15, 0.2) is 0 Å². The lowest BCUT2D eigenvalue weighted by molar-refractivity contribution is -0.149. The van der Waals surface area contributed by atoms with Gasteiger partial charge < -0.3 is 20.5 Å². The van der Waals surface area contributed by atoms with Gasteiger partial charge in [0, 0.05) is 5.92 Å². The lowest BCUT2D eigenvalue weighted by Gasteiger charge is -2.59. The topological polar surface area (TPSA) is 105 Å². The number of fused-ring (bicyclic) bond motifs is 3. The number of carboxylic acids is 1. The first-order valence-electron chi connectivity index (χ1n) is 12.1. The molecule has 0 bridgehead atoms. The van der Waals surface area contributed by atoms with Crippen molar-refractivity contribution in [2.45, 2.75) is 56.0 Å². The van der Waals surface area contributed by atoms with Crippen molar-refractivity contribution in [3.8, 4) is 11.1 Å². The maximum Gasteiger partial charge on any atom is 0.408 e. The molecule has 2 fully saturated rings. The number of rotatable bonds is 8. The second-order valence-electron chi connectivity index (χ2n) is 10.1. The van der Waals surface area contributed by atoms with Crippen LogP contribution in [0.4, 0.5) is 4.79 Å².